The normalized spacial score (nSPS) is 14.1. The Balaban J connectivity index is 0. The molecule has 0 spiro atoms. The van der Waals surface area contributed by atoms with Crippen molar-refractivity contribution in [2.75, 3.05) is 67.4 Å². The molecule has 1 aromatic rings. The van der Waals surface area contributed by atoms with Crippen molar-refractivity contribution in [3.8, 4) is 0 Å². The quantitative estimate of drug-likeness (QED) is 0.0426. The van der Waals surface area contributed by atoms with E-state index in [0.29, 0.717) is 13.7 Å². The number of ether oxygens (including phenoxy) is 3. The number of rotatable bonds is 32. The van der Waals surface area contributed by atoms with Gasteiger partial charge in [-0.1, -0.05) is 13.8 Å². The van der Waals surface area contributed by atoms with Crippen LogP contribution in [0.2, 0.25) is 0 Å². The van der Waals surface area contributed by atoms with Crippen molar-refractivity contribution in [2.45, 2.75) is 152 Å². The van der Waals surface area contributed by atoms with Crippen LogP contribution in [0.5, 0.6) is 0 Å². The van der Waals surface area contributed by atoms with Crippen LogP contribution in [-0.2, 0) is 104 Å². The van der Waals surface area contributed by atoms with Gasteiger partial charge in [0.15, 0.2) is 18.3 Å². The molecule has 6 atom stereocenters. The third-order valence-electron chi connectivity index (χ3n) is 9.53. The maximum atomic E-state index is 13.5. The second-order valence-electron chi connectivity index (χ2n) is 14.5. The van der Waals surface area contributed by atoms with Gasteiger partial charge in [0.05, 0.1) is 46.1 Å². The molecule has 0 aliphatic carbocycles. The first-order valence-corrected chi connectivity index (χ1v) is 26.1. The van der Waals surface area contributed by atoms with E-state index in [2.05, 4.69) is 9.05 Å². The number of hydrogen-bond donors (Lipinski definition) is 0. The van der Waals surface area contributed by atoms with Gasteiger partial charge in [0.2, 0.25) is 0 Å². The number of carbonyl (C=O) groups excluding carboxylic acids is 3. The third kappa shape index (κ3) is 25.9. The van der Waals surface area contributed by atoms with E-state index in [0.717, 1.165) is 17.9 Å². The SMILES string of the molecule is CCOP(=O)(OCC)C(C)N(C)OC(C)C(=O)OCCn1c(=O)n(CCOC(=O)C(C)ON(C)C(C)CC)c(=O)n(CCOC(=O)C(C)ON(C)C(C)CC)c1=O.CCOP(=O)=O.CCOP(=O)=O. The highest BCUT2D eigenvalue weighted by atomic mass is 31.2. The summed E-state index contributed by atoms with van der Waals surface area (Å²) in [6.45, 7) is 18.1. The maximum Gasteiger partial charge on any atom is 0.468 e. The monoisotopic (exact) mass is 1060 g/mol. The van der Waals surface area contributed by atoms with E-state index in [4.69, 9.17) is 37.8 Å². The summed E-state index contributed by atoms with van der Waals surface area (Å²) in [6.07, 6.45) is -1.70. The van der Waals surface area contributed by atoms with Crippen LogP contribution >= 0.6 is 23.4 Å². The zero-order valence-corrected chi connectivity index (χ0v) is 45.2. The maximum absolute atomic E-state index is 13.5. The van der Waals surface area contributed by atoms with Gasteiger partial charge in [-0.3, -0.25) is 28.1 Å². The molecule has 0 aliphatic rings. The number of esters is 3. The predicted molar refractivity (Wildman–Crippen MR) is 247 cm³/mol. The number of nitrogens with zero attached hydrogens (tertiary/aromatic N) is 6. The van der Waals surface area contributed by atoms with Crippen LogP contribution in [-0.4, -0.2) is 150 Å². The second-order valence-corrected chi connectivity index (χ2v) is 18.2. The average Bonchev–Trinajstić information content (AvgIpc) is 3.28. The van der Waals surface area contributed by atoms with Gasteiger partial charge in [0, 0.05) is 33.2 Å². The molecule has 0 bridgehead atoms. The van der Waals surface area contributed by atoms with Gasteiger partial charge >= 0.3 is 58.4 Å². The van der Waals surface area contributed by atoms with Gasteiger partial charge in [-0.25, -0.2) is 60.7 Å². The molecule has 6 unspecified atom stereocenters. The van der Waals surface area contributed by atoms with Crippen LogP contribution in [0.4, 0.5) is 0 Å². The molecular formula is C39H75N6O21P3. The van der Waals surface area contributed by atoms with E-state index in [1.165, 1.54) is 37.9 Å². The van der Waals surface area contributed by atoms with Crippen LogP contribution in [0.25, 0.3) is 0 Å². The lowest BCUT2D eigenvalue weighted by Gasteiger charge is -2.31. The lowest BCUT2D eigenvalue weighted by atomic mass is 10.3. The molecule has 0 aromatic carbocycles. The fraction of sp³-hybridized carbons (Fsp3) is 0.846. The number of hydrogen-bond acceptors (Lipinski definition) is 24. The van der Waals surface area contributed by atoms with Gasteiger partial charge < -0.3 is 23.3 Å². The lowest BCUT2D eigenvalue weighted by molar-refractivity contribution is -0.212. The highest BCUT2D eigenvalue weighted by molar-refractivity contribution is 7.54. The highest BCUT2D eigenvalue weighted by Crippen LogP contribution is 2.53. The molecule has 69 heavy (non-hydrogen) atoms. The number of hydroxylamine groups is 6. The van der Waals surface area contributed by atoms with Crippen molar-refractivity contribution >= 4 is 41.3 Å². The van der Waals surface area contributed by atoms with Crippen LogP contribution in [0.15, 0.2) is 14.4 Å². The van der Waals surface area contributed by atoms with E-state index in [9.17, 15) is 51.6 Å². The summed E-state index contributed by atoms with van der Waals surface area (Å²) in [5.41, 5.74) is -3.19. The summed E-state index contributed by atoms with van der Waals surface area (Å²) in [7, 11) is -4.03. The molecule has 1 aromatic heterocycles. The lowest BCUT2D eigenvalue weighted by Crippen LogP contribution is -2.55. The zero-order chi connectivity index (χ0) is 53.6. The largest absolute Gasteiger partial charge is 0.468 e. The summed E-state index contributed by atoms with van der Waals surface area (Å²) in [6, 6.07) is 0.0391. The van der Waals surface area contributed by atoms with Crippen molar-refractivity contribution < 1.29 is 84.0 Å². The topological polar surface area (TPSA) is 305 Å². The minimum absolute atomic E-state index is 0.0195. The summed E-state index contributed by atoms with van der Waals surface area (Å²) in [5, 5.41) is 4.21. The van der Waals surface area contributed by atoms with Crippen molar-refractivity contribution in [3.63, 3.8) is 0 Å². The standard InChI is InChI=1S/C35H65N6O15P.2C2H5O3P/c1-14-24(5)36(11)54-26(7)30(42)49-21-18-39-33(45)40(19-22-50-31(43)27(8)55-37(12)25(6)15-2)35(47)41(34(39)46)20-23-51-32(44)28(9)56-38(13)29(10)57(48,52-16-3)53-17-4;2*1-2-5-6(3)4/h24-29H,14-23H2,1-13H3;2*2H2,1H3. The van der Waals surface area contributed by atoms with E-state index < -0.39 is 122 Å². The van der Waals surface area contributed by atoms with Gasteiger partial charge in [0.1, 0.15) is 25.6 Å². The van der Waals surface area contributed by atoms with Gasteiger partial charge in [-0.15, -0.1) is 0 Å². The first-order valence-electron chi connectivity index (χ1n) is 22.3. The number of aromatic nitrogens is 3. The Morgan fingerprint density at radius 3 is 1.00 bits per heavy atom. The molecular weight excluding hydrogens is 981 g/mol. The van der Waals surface area contributed by atoms with Crippen LogP contribution in [0.3, 0.4) is 0 Å². The minimum Gasteiger partial charge on any atom is -0.462 e. The van der Waals surface area contributed by atoms with Crippen molar-refractivity contribution in [2.24, 2.45) is 0 Å². The fourth-order valence-corrected chi connectivity index (χ4v) is 7.13. The Bertz CT molecular complexity index is 1930. The zero-order valence-electron chi connectivity index (χ0n) is 42.5. The van der Waals surface area contributed by atoms with Gasteiger partial charge in [-0.2, -0.15) is 15.2 Å². The van der Waals surface area contributed by atoms with E-state index in [1.807, 2.05) is 27.7 Å². The summed E-state index contributed by atoms with van der Waals surface area (Å²) < 4.78 is 87.4. The van der Waals surface area contributed by atoms with Crippen LogP contribution in [0, 0.1) is 0 Å². The molecule has 0 N–H and O–H groups in total. The minimum atomic E-state index is -3.62. The van der Waals surface area contributed by atoms with Gasteiger partial charge in [-0.05, 0) is 82.1 Å². The Morgan fingerprint density at radius 1 is 0.507 bits per heavy atom. The summed E-state index contributed by atoms with van der Waals surface area (Å²) in [4.78, 5) is 95.4. The number of carbonyl (C=O) groups is 3. The summed E-state index contributed by atoms with van der Waals surface area (Å²) in [5.74, 6) is -3.29. The van der Waals surface area contributed by atoms with Crippen molar-refractivity contribution in [1.82, 2.24) is 28.9 Å². The molecule has 0 saturated heterocycles. The molecule has 27 nitrogen and oxygen atoms in total. The molecule has 0 saturated carbocycles. The Kier molecular flexibility index (Phi) is 35.6. The highest BCUT2D eigenvalue weighted by Gasteiger charge is 2.37. The Labute approximate surface area is 404 Å². The molecule has 0 aliphatic heterocycles. The molecule has 1 heterocycles. The molecule has 30 heteroatoms. The first-order chi connectivity index (χ1) is 32.2. The first kappa shape index (κ1) is 67.5. The molecule has 0 fully saturated rings. The molecule has 0 amide bonds. The Hall–Kier alpha value is -3.55. The predicted octanol–water partition coefficient (Wildman–Crippen LogP) is 3.99. The van der Waals surface area contributed by atoms with Crippen LogP contribution in [0.1, 0.15) is 95.9 Å². The second kappa shape index (κ2) is 36.4. The molecule has 402 valence electrons. The molecule has 0 radical (unpaired) electrons. The van der Waals surface area contributed by atoms with Crippen LogP contribution < -0.4 is 17.1 Å². The Morgan fingerprint density at radius 2 is 0.783 bits per heavy atom. The van der Waals surface area contributed by atoms with E-state index in [-0.39, 0.29) is 38.5 Å². The van der Waals surface area contributed by atoms with Gasteiger partial charge in [0.25, 0.3) is 0 Å². The van der Waals surface area contributed by atoms with Crippen molar-refractivity contribution in [1.29, 1.82) is 0 Å². The van der Waals surface area contributed by atoms with E-state index in [1.54, 1.807) is 48.7 Å². The smallest absolute Gasteiger partial charge is 0.462 e. The molecule has 1 rings (SSSR count). The average molecular weight is 1060 g/mol. The summed E-state index contributed by atoms with van der Waals surface area (Å²) >= 11 is 0. The van der Waals surface area contributed by atoms with E-state index >= 15 is 0 Å². The van der Waals surface area contributed by atoms with Crippen molar-refractivity contribution in [3.05, 3.63) is 31.5 Å². The third-order valence-corrected chi connectivity index (χ3v) is 12.9. The fourth-order valence-electron chi connectivity index (χ4n) is 5.03.